The lowest BCUT2D eigenvalue weighted by atomic mass is 10.0. The molecule has 0 radical (unpaired) electrons. The Hall–Kier alpha value is -2.28. The second kappa shape index (κ2) is 5.42. The fourth-order valence-corrected chi connectivity index (χ4v) is 4.57. The fraction of sp³-hybridized carbons (Fsp3) is 0.312. The summed E-state index contributed by atoms with van der Waals surface area (Å²) in [6.07, 6.45) is 2.94. The highest BCUT2D eigenvalue weighted by Crippen LogP contribution is 2.33. The van der Waals surface area contributed by atoms with Gasteiger partial charge in [-0.1, -0.05) is 17.7 Å². The van der Waals surface area contributed by atoms with Crippen LogP contribution in [0.3, 0.4) is 0 Å². The fourth-order valence-electron chi connectivity index (χ4n) is 2.96. The SMILES string of the molecule is Cc1ccc2c(c1)CCCN2S(=O)(=O)c1cc(C(=O)O)n(C)c1. The van der Waals surface area contributed by atoms with E-state index in [0.29, 0.717) is 12.2 Å². The Morgan fingerprint density at radius 1 is 1.26 bits per heavy atom. The first kappa shape index (κ1) is 15.6. The van der Waals surface area contributed by atoms with Crippen molar-refractivity contribution >= 4 is 21.7 Å². The number of hydrogen-bond donors (Lipinski definition) is 1. The molecule has 0 atom stereocenters. The maximum atomic E-state index is 12.9. The molecule has 2 heterocycles. The monoisotopic (exact) mass is 334 g/mol. The molecule has 2 aromatic rings. The first-order chi connectivity index (χ1) is 10.8. The third kappa shape index (κ3) is 2.61. The van der Waals surface area contributed by atoms with Gasteiger partial charge in [-0.2, -0.15) is 0 Å². The highest BCUT2D eigenvalue weighted by molar-refractivity contribution is 7.92. The smallest absolute Gasteiger partial charge is 0.352 e. The summed E-state index contributed by atoms with van der Waals surface area (Å²) in [5.41, 5.74) is 2.73. The molecule has 1 aliphatic heterocycles. The zero-order chi connectivity index (χ0) is 16.8. The van der Waals surface area contributed by atoms with Crippen molar-refractivity contribution in [1.29, 1.82) is 0 Å². The minimum Gasteiger partial charge on any atom is -0.477 e. The van der Waals surface area contributed by atoms with E-state index in [9.17, 15) is 13.2 Å². The summed E-state index contributed by atoms with van der Waals surface area (Å²) >= 11 is 0. The number of carboxylic acid groups (broad SMARTS) is 1. The van der Waals surface area contributed by atoms with Crippen molar-refractivity contribution in [3.05, 3.63) is 47.3 Å². The first-order valence-corrected chi connectivity index (χ1v) is 8.76. The third-order valence-corrected chi connectivity index (χ3v) is 5.88. The Morgan fingerprint density at radius 3 is 2.65 bits per heavy atom. The summed E-state index contributed by atoms with van der Waals surface area (Å²) in [5, 5.41) is 9.11. The van der Waals surface area contributed by atoms with E-state index in [1.807, 2.05) is 25.1 Å². The van der Waals surface area contributed by atoms with Crippen LogP contribution in [0.25, 0.3) is 0 Å². The number of hydrogen-bond acceptors (Lipinski definition) is 3. The van der Waals surface area contributed by atoms with Gasteiger partial charge in [0, 0.05) is 19.8 Å². The topological polar surface area (TPSA) is 79.6 Å². The van der Waals surface area contributed by atoms with Gasteiger partial charge in [-0.15, -0.1) is 0 Å². The number of aromatic nitrogens is 1. The molecule has 3 rings (SSSR count). The van der Waals surface area contributed by atoms with Gasteiger partial charge in [-0.25, -0.2) is 13.2 Å². The van der Waals surface area contributed by atoms with E-state index in [2.05, 4.69) is 0 Å². The van der Waals surface area contributed by atoms with Gasteiger partial charge in [0.2, 0.25) is 0 Å². The molecule has 1 aromatic heterocycles. The summed E-state index contributed by atoms with van der Waals surface area (Å²) in [6, 6.07) is 6.92. The van der Waals surface area contributed by atoms with Crippen LogP contribution in [-0.4, -0.2) is 30.6 Å². The van der Waals surface area contributed by atoms with Crippen LogP contribution in [0.4, 0.5) is 5.69 Å². The van der Waals surface area contributed by atoms with Gasteiger partial charge < -0.3 is 9.67 Å². The lowest BCUT2D eigenvalue weighted by molar-refractivity contribution is 0.0686. The van der Waals surface area contributed by atoms with Crippen molar-refractivity contribution in [3.63, 3.8) is 0 Å². The number of carboxylic acids is 1. The molecule has 7 heteroatoms. The van der Waals surface area contributed by atoms with Crippen LogP contribution >= 0.6 is 0 Å². The molecule has 0 saturated heterocycles. The molecule has 0 unspecified atom stereocenters. The third-order valence-electron chi connectivity index (χ3n) is 4.10. The van der Waals surface area contributed by atoms with E-state index in [4.69, 9.17) is 5.11 Å². The predicted molar refractivity (Wildman–Crippen MR) is 86.4 cm³/mol. The van der Waals surface area contributed by atoms with Crippen LogP contribution in [-0.2, 0) is 23.5 Å². The number of aryl methyl sites for hydroxylation is 3. The second-order valence-corrected chi connectivity index (χ2v) is 7.65. The van der Waals surface area contributed by atoms with Gasteiger partial charge in [-0.05, 0) is 37.5 Å². The van der Waals surface area contributed by atoms with Gasteiger partial charge in [0.05, 0.1) is 5.69 Å². The zero-order valence-electron chi connectivity index (χ0n) is 13.0. The van der Waals surface area contributed by atoms with Crippen molar-refractivity contribution in [2.45, 2.75) is 24.7 Å². The van der Waals surface area contributed by atoms with E-state index in [1.165, 1.54) is 28.2 Å². The number of fused-ring (bicyclic) bond motifs is 1. The zero-order valence-corrected chi connectivity index (χ0v) is 13.8. The molecular formula is C16H18N2O4S. The van der Waals surface area contributed by atoms with Crippen LogP contribution in [0, 0.1) is 6.92 Å². The second-order valence-electron chi connectivity index (χ2n) is 5.79. The van der Waals surface area contributed by atoms with E-state index in [-0.39, 0.29) is 10.6 Å². The molecule has 0 bridgehead atoms. The standard InChI is InChI=1S/C16H18N2O4S/c1-11-5-6-14-12(8-11)4-3-7-18(14)23(21,22)13-9-15(16(19)20)17(2)10-13/h5-6,8-10H,3-4,7H2,1-2H3,(H,19,20). The summed E-state index contributed by atoms with van der Waals surface area (Å²) in [4.78, 5) is 11.2. The normalized spacial score (nSPS) is 14.6. The van der Waals surface area contributed by atoms with E-state index < -0.39 is 16.0 Å². The summed E-state index contributed by atoms with van der Waals surface area (Å²) < 4.78 is 28.6. The molecule has 1 N–H and O–H groups in total. The predicted octanol–water partition coefficient (Wildman–Crippen LogP) is 2.17. The maximum absolute atomic E-state index is 12.9. The average molecular weight is 334 g/mol. The van der Waals surface area contributed by atoms with E-state index >= 15 is 0 Å². The highest BCUT2D eigenvalue weighted by Gasteiger charge is 2.31. The molecule has 0 spiro atoms. The molecule has 0 aliphatic carbocycles. The van der Waals surface area contributed by atoms with Crippen LogP contribution in [0.5, 0.6) is 0 Å². The van der Waals surface area contributed by atoms with Crippen molar-refractivity contribution in [2.24, 2.45) is 7.05 Å². The van der Waals surface area contributed by atoms with E-state index in [1.54, 1.807) is 0 Å². The van der Waals surface area contributed by atoms with Crippen molar-refractivity contribution in [3.8, 4) is 0 Å². The Labute approximate surface area is 135 Å². The van der Waals surface area contributed by atoms with Crippen LogP contribution < -0.4 is 4.31 Å². The molecule has 1 aliphatic rings. The largest absolute Gasteiger partial charge is 0.477 e. The Bertz CT molecular complexity index is 883. The number of aromatic carboxylic acids is 1. The van der Waals surface area contributed by atoms with Crippen LogP contribution in [0.2, 0.25) is 0 Å². The van der Waals surface area contributed by atoms with Crippen LogP contribution in [0.15, 0.2) is 35.4 Å². The first-order valence-electron chi connectivity index (χ1n) is 7.32. The molecule has 0 amide bonds. The molecule has 0 saturated carbocycles. The van der Waals surface area contributed by atoms with E-state index in [0.717, 1.165) is 24.0 Å². The maximum Gasteiger partial charge on any atom is 0.352 e. The van der Waals surface area contributed by atoms with Gasteiger partial charge in [-0.3, -0.25) is 4.31 Å². The lowest BCUT2D eigenvalue weighted by Crippen LogP contribution is -2.35. The number of benzene rings is 1. The number of carbonyl (C=O) groups is 1. The van der Waals surface area contributed by atoms with Gasteiger partial charge in [0.15, 0.2) is 0 Å². The summed E-state index contributed by atoms with van der Waals surface area (Å²) in [6.45, 7) is 2.37. The molecule has 0 fully saturated rings. The quantitative estimate of drug-likeness (QED) is 0.933. The molecule has 6 nitrogen and oxygen atoms in total. The van der Waals surface area contributed by atoms with Crippen molar-refractivity contribution < 1.29 is 18.3 Å². The Kier molecular flexibility index (Phi) is 3.68. The number of nitrogens with zero attached hydrogens (tertiary/aromatic N) is 2. The minimum atomic E-state index is -3.77. The number of anilines is 1. The number of rotatable bonds is 3. The minimum absolute atomic E-state index is 0.00539. The molecule has 23 heavy (non-hydrogen) atoms. The number of sulfonamides is 1. The van der Waals surface area contributed by atoms with Crippen molar-refractivity contribution in [2.75, 3.05) is 10.8 Å². The summed E-state index contributed by atoms with van der Waals surface area (Å²) in [5.74, 6) is -1.15. The van der Waals surface area contributed by atoms with Crippen LogP contribution in [0.1, 0.15) is 28.0 Å². The average Bonchev–Trinajstić information content (AvgIpc) is 2.89. The summed E-state index contributed by atoms with van der Waals surface area (Å²) in [7, 11) is -2.25. The molecule has 1 aromatic carbocycles. The van der Waals surface area contributed by atoms with Gasteiger partial charge >= 0.3 is 5.97 Å². The lowest BCUT2D eigenvalue weighted by Gasteiger charge is -2.30. The highest BCUT2D eigenvalue weighted by atomic mass is 32.2. The Balaban J connectivity index is 2.08. The van der Waals surface area contributed by atoms with Gasteiger partial charge in [0.1, 0.15) is 10.6 Å². The van der Waals surface area contributed by atoms with Crippen molar-refractivity contribution in [1.82, 2.24) is 4.57 Å². The Morgan fingerprint density at radius 2 is 2.00 bits per heavy atom. The van der Waals surface area contributed by atoms with Gasteiger partial charge in [0.25, 0.3) is 10.0 Å². The molecular weight excluding hydrogens is 316 g/mol. The molecule has 122 valence electrons.